The summed E-state index contributed by atoms with van der Waals surface area (Å²) in [6.45, 7) is 1.86. The van der Waals surface area contributed by atoms with Gasteiger partial charge in [-0.15, -0.1) is 0 Å². The van der Waals surface area contributed by atoms with Gasteiger partial charge < -0.3 is 10.4 Å². The fourth-order valence-electron chi connectivity index (χ4n) is 2.33. The average molecular weight is 351 g/mol. The molecule has 7 heteroatoms. The first-order chi connectivity index (χ1) is 11.7. The third-order valence-electron chi connectivity index (χ3n) is 3.60. The van der Waals surface area contributed by atoms with Gasteiger partial charge in [0.2, 0.25) is 0 Å². The Morgan fingerprint density at radius 2 is 1.76 bits per heavy atom. The van der Waals surface area contributed by atoms with Crippen molar-refractivity contribution in [3.63, 3.8) is 0 Å². The van der Waals surface area contributed by atoms with Crippen molar-refractivity contribution >= 4 is 11.9 Å². The number of aliphatic carboxylic acids is 1. The Labute approximate surface area is 142 Å². The van der Waals surface area contributed by atoms with Crippen LogP contribution < -0.4 is 5.32 Å². The second kappa shape index (κ2) is 7.38. The molecule has 0 bridgehead atoms. The molecular weight excluding hydrogens is 335 g/mol. The van der Waals surface area contributed by atoms with Crippen LogP contribution in [0.3, 0.4) is 0 Å². The zero-order chi connectivity index (χ0) is 18.6. The summed E-state index contributed by atoms with van der Waals surface area (Å²) in [5.41, 5.74) is 0.776. The molecule has 2 aromatic carbocycles. The molecule has 0 aliphatic heterocycles. The van der Waals surface area contributed by atoms with E-state index < -0.39 is 29.7 Å². The Bertz CT molecular complexity index is 770. The van der Waals surface area contributed by atoms with Crippen molar-refractivity contribution in [3.05, 3.63) is 70.8 Å². The van der Waals surface area contributed by atoms with Crippen LogP contribution in [0.2, 0.25) is 0 Å². The van der Waals surface area contributed by atoms with E-state index in [0.29, 0.717) is 0 Å². The van der Waals surface area contributed by atoms with E-state index in [1.807, 2.05) is 13.0 Å². The highest BCUT2D eigenvalue weighted by Crippen LogP contribution is 2.29. The Balaban J connectivity index is 2.11. The number of carbonyl (C=O) groups is 2. The normalized spacial score (nSPS) is 12.5. The van der Waals surface area contributed by atoms with E-state index in [2.05, 4.69) is 5.32 Å². The smallest absolute Gasteiger partial charge is 0.416 e. The second-order valence-electron chi connectivity index (χ2n) is 5.63. The third-order valence-corrected chi connectivity index (χ3v) is 3.60. The van der Waals surface area contributed by atoms with Crippen LogP contribution in [0.15, 0.2) is 48.5 Å². The number of rotatable bonds is 5. The number of hydrogen-bond acceptors (Lipinski definition) is 2. The molecule has 0 fully saturated rings. The molecule has 0 spiro atoms. The Kier molecular flexibility index (Phi) is 5.46. The first-order valence-corrected chi connectivity index (χ1v) is 7.43. The highest BCUT2D eigenvalue weighted by Gasteiger charge is 2.30. The van der Waals surface area contributed by atoms with Gasteiger partial charge in [0, 0.05) is 12.0 Å². The van der Waals surface area contributed by atoms with Crippen molar-refractivity contribution in [2.45, 2.75) is 25.6 Å². The third kappa shape index (κ3) is 5.07. The lowest BCUT2D eigenvalue weighted by atomic mass is 10.0. The summed E-state index contributed by atoms with van der Waals surface area (Å²) in [7, 11) is 0. The zero-order valence-electron chi connectivity index (χ0n) is 13.3. The molecule has 0 aliphatic rings. The van der Waals surface area contributed by atoms with Gasteiger partial charge in [0.1, 0.15) is 6.04 Å². The number of halogens is 3. The maximum absolute atomic E-state index is 12.5. The minimum absolute atomic E-state index is 0.0384. The van der Waals surface area contributed by atoms with Gasteiger partial charge in [0.05, 0.1) is 5.56 Å². The molecule has 0 saturated heterocycles. The fourth-order valence-corrected chi connectivity index (χ4v) is 2.33. The van der Waals surface area contributed by atoms with Crippen molar-refractivity contribution in [2.75, 3.05) is 0 Å². The van der Waals surface area contributed by atoms with Crippen LogP contribution in [-0.2, 0) is 17.4 Å². The summed E-state index contributed by atoms with van der Waals surface area (Å²) in [4.78, 5) is 23.5. The van der Waals surface area contributed by atoms with Gasteiger partial charge in [-0.05, 0) is 36.8 Å². The van der Waals surface area contributed by atoms with Gasteiger partial charge in [0.25, 0.3) is 5.91 Å². The van der Waals surface area contributed by atoms with Gasteiger partial charge in [-0.1, -0.05) is 29.8 Å². The molecule has 2 rings (SSSR count). The highest BCUT2D eigenvalue weighted by molar-refractivity contribution is 5.96. The molecule has 0 saturated carbocycles. The summed E-state index contributed by atoms with van der Waals surface area (Å²) in [5, 5.41) is 11.6. The van der Waals surface area contributed by atoms with Gasteiger partial charge in [-0.2, -0.15) is 13.2 Å². The van der Waals surface area contributed by atoms with Crippen molar-refractivity contribution in [3.8, 4) is 0 Å². The first kappa shape index (κ1) is 18.5. The summed E-state index contributed by atoms with van der Waals surface area (Å²) in [6.07, 6.45) is -4.42. The summed E-state index contributed by atoms with van der Waals surface area (Å²) in [5.74, 6) is -1.96. The van der Waals surface area contributed by atoms with E-state index in [1.165, 1.54) is 0 Å². The van der Waals surface area contributed by atoms with E-state index in [1.54, 1.807) is 18.2 Å². The first-order valence-electron chi connectivity index (χ1n) is 7.43. The largest absolute Gasteiger partial charge is 0.480 e. The zero-order valence-corrected chi connectivity index (χ0v) is 13.3. The maximum Gasteiger partial charge on any atom is 0.416 e. The standard InChI is InChI=1S/C18H16F3NO3/c1-11-3-2-4-12(9-11)10-15(17(24)25)22-16(23)13-5-7-14(8-6-13)18(19,20)21/h2-9,15H,10H2,1H3,(H,22,23)(H,24,25)/t15-/m0/s1. The van der Waals surface area contributed by atoms with Gasteiger partial charge >= 0.3 is 12.1 Å². The molecule has 25 heavy (non-hydrogen) atoms. The Morgan fingerprint density at radius 3 is 2.28 bits per heavy atom. The lowest BCUT2D eigenvalue weighted by molar-refractivity contribution is -0.139. The molecule has 1 atom stereocenters. The van der Waals surface area contributed by atoms with Crippen LogP contribution in [0.5, 0.6) is 0 Å². The van der Waals surface area contributed by atoms with Gasteiger partial charge in [-0.3, -0.25) is 4.79 Å². The average Bonchev–Trinajstić information content (AvgIpc) is 2.53. The summed E-state index contributed by atoms with van der Waals surface area (Å²) >= 11 is 0. The van der Waals surface area contributed by atoms with Crippen LogP contribution in [-0.4, -0.2) is 23.0 Å². The fraction of sp³-hybridized carbons (Fsp3) is 0.222. The number of alkyl halides is 3. The topological polar surface area (TPSA) is 66.4 Å². The molecule has 0 unspecified atom stereocenters. The van der Waals surface area contributed by atoms with Crippen LogP contribution in [0.1, 0.15) is 27.0 Å². The van der Waals surface area contributed by atoms with E-state index in [9.17, 15) is 27.9 Å². The number of carboxylic acid groups (broad SMARTS) is 1. The molecule has 0 aromatic heterocycles. The lowest BCUT2D eigenvalue weighted by Gasteiger charge is -2.15. The number of benzene rings is 2. The van der Waals surface area contributed by atoms with E-state index in [0.717, 1.165) is 35.4 Å². The Morgan fingerprint density at radius 1 is 1.12 bits per heavy atom. The predicted molar refractivity (Wildman–Crippen MR) is 85.2 cm³/mol. The van der Waals surface area contributed by atoms with Crippen molar-refractivity contribution in [1.29, 1.82) is 0 Å². The second-order valence-corrected chi connectivity index (χ2v) is 5.63. The maximum atomic E-state index is 12.5. The molecule has 4 nitrogen and oxygen atoms in total. The van der Waals surface area contributed by atoms with E-state index in [4.69, 9.17) is 0 Å². The number of carboxylic acids is 1. The molecule has 2 N–H and O–H groups in total. The molecule has 2 aromatic rings. The minimum atomic E-state index is -4.50. The number of amides is 1. The highest BCUT2D eigenvalue weighted by atomic mass is 19.4. The lowest BCUT2D eigenvalue weighted by Crippen LogP contribution is -2.42. The predicted octanol–water partition coefficient (Wildman–Crippen LogP) is 3.44. The number of carbonyl (C=O) groups excluding carboxylic acids is 1. The van der Waals surface area contributed by atoms with Crippen LogP contribution >= 0.6 is 0 Å². The molecule has 0 heterocycles. The van der Waals surface area contributed by atoms with Crippen LogP contribution in [0.25, 0.3) is 0 Å². The number of hydrogen-bond donors (Lipinski definition) is 2. The minimum Gasteiger partial charge on any atom is -0.480 e. The number of nitrogens with one attached hydrogen (secondary N) is 1. The summed E-state index contributed by atoms with van der Waals surface area (Å²) < 4.78 is 37.6. The van der Waals surface area contributed by atoms with Crippen LogP contribution in [0, 0.1) is 6.92 Å². The van der Waals surface area contributed by atoms with Gasteiger partial charge in [-0.25, -0.2) is 4.79 Å². The molecule has 132 valence electrons. The van der Waals surface area contributed by atoms with E-state index >= 15 is 0 Å². The van der Waals surface area contributed by atoms with Crippen molar-refractivity contribution in [2.24, 2.45) is 0 Å². The molecule has 0 radical (unpaired) electrons. The van der Waals surface area contributed by atoms with E-state index in [-0.39, 0.29) is 12.0 Å². The van der Waals surface area contributed by atoms with Gasteiger partial charge in [0.15, 0.2) is 0 Å². The monoisotopic (exact) mass is 351 g/mol. The van der Waals surface area contributed by atoms with Crippen molar-refractivity contribution < 1.29 is 27.9 Å². The molecular formula is C18H16F3NO3. The number of aryl methyl sites for hydroxylation is 1. The summed E-state index contributed by atoms with van der Waals surface area (Å²) in [6, 6.07) is 9.61. The molecule has 0 aliphatic carbocycles. The van der Waals surface area contributed by atoms with Crippen molar-refractivity contribution in [1.82, 2.24) is 5.32 Å². The Hall–Kier alpha value is -2.83. The van der Waals surface area contributed by atoms with Crippen LogP contribution in [0.4, 0.5) is 13.2 Å². The molecule has 1 amide bonds. The quantitative estimate of drug-likeness (QED) is 0.867. The SMILES string of the molecule is Cc1cccc(C[C@H](NC(=O)c2ccc(C(F)(F)F)cc2)C(=O)O)c1.